The first-order valence-electron chi connectivity index (χ1n) is 5.68. The summed E-state index contributed by atoms with van der Waals surface area (Å²) < 4.78 is 4.72. The first-order chi connectivity index (χ1) is 8.20. The number of carboxylic acids is 1. The molecule has 0 saturated carbocycles. The lowest BCUT2D eigenvalue weighted by atomic mass is 10.2. The van der Waals surface area contributed by atoms with Crippen molar-refractivity contribution >= 4 is 11.9 Å². The van der Waals surface area contributed by atoms with E-state index in [0.29, 0.717) is 12.8 Å². The Morgan fingerprint density at radius 3 is 2.22 bits per heavy atom. The van der Waals surface area contributed by atoms with Gasteiger partial charge in [-0.1, -0.05) is 0 Å². The molecule has 1 N–H and O–H groups in total. The molecule has 0 aromatic rings. The molecule has 0 atom stereocenters. The number of carbonyl (C=O) groups is 2. The van der Waals surface area contributed by atoms with E-state index in [1.165, 1.54) is 0 Å². The van der Waals surface area contributed by atoms with Crippen molar-refractivity contribution in [2.75, 3.05) is 0 Å². The summed E-state index contributed by atoms with van der Waals surface area (Å²) in [6.07, 6.45) is 1.03. The second-order valence-electron chi connectivity index (χ2n) is 4.73. The van der Waals surface area contributed by atoms with Gasteiger partial charge in [-0.15, -0.1) is 0 Å². The molecule has 0 aliphatic carbocycles. The zero-order chi connectivity index (χ0) is 14.2. The van der Waals surface area contributed by atoms with Gasteiger partial charge in [0.25, 0.3) is 0 Å². The van der Waals surface area contributed by atoms with Crippen LogP contribution in [0.25, 0.3) is 0 Å². The standard InChI is InChI=1S/C12H20O6/c1-9(17-18-12(2,3)4)16-11(15)8-6-5-7-10(13)14/h1,5-8H2,2-4H3,(H,13,14). The van der Waals surface area contributed by atoms with Gasteiger partial charge in [0.15, 0.2) is 0 Å². The van der Waals surface area contributed by atoms with E-state index in [2.05, 4.69) is 11.5 Å². The van der Waals surface area contributed by atoms with E-state index >= 15 is 0 Å². The molecule has 0 rings (SSSR count). The first kappa shape index (κ1) is 16.4. The smallest absolute Gasteiger partial charge is 0.317 e. The van der Waals surface area contributed by atoms with Gasteiger partial charge in [-0.05, 0) is 40.2 Å². The third kappa shape index (κ3) is 10.9. The van der Waals surface area contributed by atoms with E-state index < -0.39 is 17.5 Å². The van der Waals surface area contributed by atoms with Gasteiger partial charge in [0.05, 0.1) is 0 Å². The molecule has 0 unspecified atom stereocenters. The highest BCUT2D eigenvalue weighted by Crippen LogP contribution is 2.11. The topological polar surface area (TPSA) is 82.1 Å². The van der Waals surface area contributed by atoms with Crippen molar-refractivity contribution < 1.29 is 29.2 Å². The number of carboxylic acid groups (broad SMARTS) is 1. The number of aliphatic carboxylic acids is 1. The fourth-order valence-corrected chi connectivity index (χ4v) is 0.912. The summed E-state index contributed by atoms with van der Waals surface area (Å²) in [6, 6.07) is 0. The Hall–Kier alpha value is -1.56. The SMILES string of the molecule is C=C(OOC(C)(C)C)OC(=O)CCCCC(=O)O. The normalized spacial score (nSPS) is 10.8. The molecule has 0 heterocycles. The van der Waals surface area contributed by atoms with Crippen molar-refractivity contribution in [3.05, 3.63) is 12.5 Å². The highest BCUT2D eigenvalue weighted by molar-refractivity contribution is 5.70. The molecule has 0 bridgehead atoms. The van der Waals surface area contributed by atoms with Gasteiger partial charge >= 0.3 is 17.9 Å². The number of unbranched alkanes of at least 4 members (excludes halogenated alkanes) is 1. The van der Waals surface area contributed by atoms with Crippen molar-refractivity contribution in [2.24, 2.45) is 0 Å². The van der Waals surface area contributed by atoms with Crippen molar-refractivity contribution in [2.45, 2.75) is 52.1 Å². The third-order valence-corrected chi connectivity index (χ3v) is 1.63. The quantitative estimate of drug-likeness (QED) is 0.237. The molecule has 6 heteroatoms. The van der Waals surface area contributed by atoms with Crippen LogP contribution in [0.1, 0.15) is 46.5 Å². The molecule has 0 aromatic carbocycles. The van der Waals surface area contributed by atoms with Crippen molar-refractivity contribution in [3.63, 3.8) is 0 Å². The lowest BCUT2D eigenvalue weighted by Crippen LogP contribution is -2.20. The maximum Gasteiger partial charge on any atom is 0.317 e. The molecular weight excluding hydrogens is 240 g/mol. The summed E-state index contributed by atoms with van der Waals surface area (Å²) in [4.78, 5) is 31.1. The zero-order valence-electron chi connectivity index (χ0n) is 11.0. The molecule has 6 nitrogen and oxygen atoms in total. The number of hydrogen-bond acceptors (Lipinski definition) is 5. The van der Waals surface area contributed by atoms with Crippen LogP contribution in [-0.4, -0.2) is 22.6 Å². The minimum Gasteiger partial charge on any atom is -0.481 e. The van der Waals surface area contributed by atoms with Crippen molar-refractivity contribution in [1.82, 2.24) is 0 Å². The first-order valence-corrected chi connectivity index (χ1v) is 5.68. The Labute approximate surface area is 106 Å². The Balaban J connectivity index is 3.68. The third-order valence-electron chi connectivity index (χ3n) is 1.63. The van der Waals surface area contributed by atoms with Gasteiger partial charge in [0.2, 0.25) is 0 Å². The summed E-state index contributed by atoms with van der Waals surface area (Å²) in [5.41, 5.74) is -0.531. The summed E-state index contributed by atoms with van der Waals surface area (Å²) >= 11 is 0. The zero-order valence-corrected chi connectivity index (χ0v) is 11.0. The van der Waals surface area contributed by atoms with E-state index in [1.54, 1.807) is 20.8 Å². The average Bonchev–Trinajstić information content (AvgIpc) is 2.20. The van der Waals surface area contributed by atoms with Gasteiger partial charge in [-0.2, -0.15) is 4.89 Å². The van der Waals surface area contributed by atoms with Gasteiger partial charge in [-0.25, -0.2) is 0 Å². The van der Waals surface area contributed by atoms with Crippen LogP contribution >= 0.6 is 0 Å². The molecule has 0 aliphatic heterocycles. The van der Waals surface area contributed by atoms with Crippen LogP contribution in [0.2, 0.25) is 0 Å². The average molecular weight is 260 g/mol. The number of hydrogen-bond donors (Lipinski definition) is 1. The second kappa shape index (κ2) is 7.71. The minimum absolute atomic E-state index is 0.0395. The van der Waals surface area contributed by atoms with Crippen molar-refractivity contribution in [3.8, 4) is 0 Å². The summed E-state index contributed by atoms with van der Waals surface area (Å²) in [6.45, 7) is 8.69. The largest absolute Gasteiger partial charge is 0.481 e. The monoisotopic (exact) mass is 260 g/mol. The number of ether oxygens (including phenoxy) is 1. The number of carbonyl (C=O) groups excluding carboxylic acids is 1. The fourth-order valence-electron chi connectivity index (χ4n) is 0.912. The predicted molar refractivity (Wildman–Crippen MR) is 63.3 cm³/mol. The van der Waals surface area contributed by atoms with Crippen LogP contribution in [-0.2, 0) is 24.1 Å². The van der Waals surface area contributed by atoms with Crippen LogP contribution in [0.15, 0.2) is 12.5 Å². The molecule has 18 heavy (non-hydrogen) atoms. The van der Waals surface area contributed by atoms with Crippen LogP contribution in [0.4, 0.5) is 0 Å². The lowest BCUT2D eigenvalue weighted by molar-refractivity contribution is -0.340. The summed E-state index contributed by atoms with van der Waals surface area (Å²) in [5.74, 6) is -1.63. The molecule has 0 radical (unpaired) electrons. The maximum absolute atomic E-state index is 11.3. The maximum atomic E-state index is 11.3. The van der Waals surface area contributed by atoms with Crippen molar-refractivity contribution in [1.29, 1.82) is 0 Å². The minimum atomic E-state index is -0.880. The van der Waals surface area contributed by atoms with Gasteiger partial charge in [0.1, 0.15) is 5.60 Å². The van der Waals surface area contributed by atoms with E-state index in [1.807, 2.05) is 0 Å². The number of rotatable bonds is 8. The molecule has 0 aliphatic rings. The lowest BCUT2D eigenvalue weighted by Gasteiger charge is -2.17. The molecule has 0 fully saturated rings. The molecule has 0 aromatic heterocycles. The van der Waals surface area contributed by atoms with Gasteiger partial charge < -0.3 is 9.84 Å². The predicted octanol–water partition coefficient (Wildman–Crippen LogP) is 2.39. The highest BCUT2D eigenvalue weighted by atomic mass is 17.2. The molecular formula is C12H20O6. The summed E-state index contributed by atoms with van der Waals surface area (Å²) in [7, 11) is 0. The van der Waals surface area contributed by atoms with E-state index in [4.69, 9.17) is 14.7 Å². The van der Waals surface area contributed by atoms with Gasteiger partial charge in [0, 0.05) is 12.8 Å². The Morgan fingerprint density at radius 2 is 1.72 bits per heavy atom. The van der Waals surface area contributed by atoms with Crippen LogP contribution in [0.3, 0.4) is 0 Å². The molecule has 0 spiro atoms. The Kier molecular flexibility index (Phi) is 7.04. The Bertz CT molecular complexity index is 302. The molecule has 104 valence electrons. The van der Waals surface area contributed by atoms with Crippen LogP contribution < -0.4 is 0 Å². The molecule has 0 amide bonds. The summed E-state index contributed by atoms with van der Waals surface area (Å²) in [5, 5.41) is 8.40. The van der Waals surface area contributed by atoms with Gasteiger partial charge in [-0.3, -0.25) is 14.5 Å². The molecule has 0 saturated heterocycles. The van der Waals surface area contributed by atoms with E-state index in [9.17, 15) is 9.59 Å². The number of esters is 1. The van der Waals surface area contributed by atoms with Crippen LogP contribution in [0, 0.1) is 0 Å². The van der Waals surface area contributed by atoms with E-state index in [0.717, 1.165) is 0 Å². The van der Waals surface area contributed by atoms with Crippen LogP contribution in [0.5, 0.6) is 0 Å². The fraction of sp³-hybridized carbons (Fsp3) is 0.667. The highest BCUT2D eigenvalue weighted by Gasteiger charge is 2.15. The van der Waals surface area contributed by atoms with E-state index in [-0.39, 0.29) is 18.8 Å². The second-order valence-corrected chi connectivity index (χ2v) is 4.73. The Morgan fingerprint density at radius 1 is 1.17 bits per heavy atom.